The van der Waals surface area contributed by atoms with Gasteiger partial charge in [-0.15, -0.1) is 11.3 Å². The van der Waals surface area contributed by atoms with E-state index in [0.29, 0.717) is 15.3 Å². The number of ether oxygens (including phenoxy) is 1. The molecule has 0 saturated heterocycles. The van der Waals surface area contributed by atoms with Crippen LogP contribution in [0.4, 0.5) is 13.2 Å². The first kappa shape index (κ1) is 20.3. The molecule has 1 saturated carbocycles. The van der Waals surface area contributed by atoms with Crippen LogP contribution in [0.1, 0.15) is 47.4 Å². The van der Waals surface area contributed by atoms with Gasteiger partial charge < -0.3 is 9.84 Å². The van der Waals surface area contributed by atoms with E-state index in [1.807, 2.05) is 0 Å². The van der Waals surface area contributed by atoms with E-state index >= 15 is 4.39 Å². The van der Waals surface area contributed by atoms with Crippen molar-refractivity contribution in [2.45, 2.75) is 50.7 Å². The molecule has 164 valence electrons. The fourth-order valence-corrected chi connectivity index (χ4v) is 5.73. The smallest absolute Gasteiger partial charge is 0.329 e. The number of hydrogen-bond acceptors (Lipinski definition) is 5. The Balaban J connectivity index is 1.85. The number of nitrogens with zero attached hydrogens (tertiary/aromatic N) is 1. The first-order valence-corrected chi connectivity index (χ1v) is 10.7. The summed E-state index contributed by atoms with van der Waals surface area (Å²) in [5.74, 6) is -4.36. The van der Waals surface area contributed by atoms with Crippen molar-refractivity contribution in [3.8, 4) is 16.2 Å². The highest BCUT2D eigenvalue weighted by Crippen LogP contribution is 2.49. The van der Waals surface area contributed by atoms with Gasteiger partial charge in [0, 0.05) is 33.3 Å². The van der Waals surface area contributed by atoms with Gasteiger partial charge in [0.25, 0.3) is 11.5 Å². The fraction of sp³-hybridized carbons (Fsp3) is 0.429. The highest BCUT2D eigenvalue weighted by atomic mass is 32.1. The number of aliphatic hydroxyl groups is 1. The molecule has 2 aliphatic carbocycles. The zero-order chi connectivity index (χ0) is 22.2. The van der Waals surface area contributed by atoms with E-state index in [9.17, 15) is 23.5 Å². The summed E-state index contributed by atoms with van der Waals surface area (Å²) in [6.07, 6.45) is -0.865. The first-order chi connectivity index (χ1) is 14.7. The lowest BCUT2D eigenvalue weighted by atomic mass is 9.91. The van der Waals surface area contributed by atoms with Crippen LogP contribution < -0.4 is 16.0 Å². The highest BCUT2D eigenvalue weighted by Gasteiger charge is 2.44. The quantitative estimate of drug-likeness (QED) is 0.633. The van der Waals surface area contributed by atoms with Crippen LogP contribution in [0, 0.1) is 12.7 Å². The van der Waals surface area contributed by atoms with Gasteiger partial charge in [0.2, 0.25) is 0 Å². The molecule has 6 nitrogen and oxygen atoms in total. The molecule has 1 atom stereocenters. The SMILES string of the molecule is COc1c(F)c(-c2cc3c(s2)CCC(F)(F)C3O)c(C)c2c1c(=O)[nH]c(=O)n2C1CC1. The average Bonchev–Trinajstić information content (AvgIpc) is 3.45. The zero-order valence-corrected chi connectivity index (χ0v) is 17.5. The van der Waals surface area contributed by atoms with Crippen LogP contribution in [0.3, 0.4) is 0 Å². The van der Waals surface area contributed by atoms with E-state index < -0.39 is 35.5 Å². The summed E-state index contributed by atoms with van der Waals surface area (Å²) in [6.45, 7) is 1.60. The molecule has 31 heavy (non-hydrogen) atoms. The molecule has 0 aliphatic heterocycles. The van der Waals surface area contributed by atoms with Crippen molar-refractivity contribution in [3.05, 3.63) is 48.7 Å². The van der Waals surface area contributed by atoms with E-state index in [4.69, 9.17) is 4.74 Å². The minimum absolute atomic E-state index is 0.0550. The molecular formula is C21H19F3N2O4S. The third-order valence-electron chi connectivity index (χ3n) is 6.10. The van der Waals surface area contributed by atoms with Crippen LogP contribution in [-0.4, -0.2) is 27.7 Å². The number of aliphatic hydroxyl groups excluding tert-OH is 1. The van der Waals surface area contributed by atoms with Crippen molar-refractivity contribution in [1.82, 2.24) is 9.55 Å². The van der Waals surface area contributed by atoms with Gasteiger partial charge in [-0.3, -0.25) is 14.3 Å². The van der Waals surface area contributed by atoms with E-state index in [-0.39, 0.29) is 40.2 Å². The third kappa shape index (κ3) is 2.88. The van der Waals surface area contributed by atoms with E-state index in [0.717, 1.165) is 24.2 Å². The average molecular weight is 452 g/mol. The summed E-state index contributed by atoms with van der Waals surface area (Å²) >= 11 is 1.13. The van der Waals surface area contributed by atoms with Gasteiger partial charge in [-0.25, -0.2) is 18.0 Å². The summed E-state index contributed by atoms with van der Waals surface area (Å²) in [5.41, 5.74) is -0.533. The zero-order valence-electron chi connectivity index (χ0n) is 16.7. The number of rotatable bonds is 3. The van der Waals surface area contributed by atoms with Crippen molar-refractivity contribution < 1.29 is 23.0 Å². The van der Waals surface area contributed by atoms with Crippen molar-refractivity contribution in [1.29, 1.82) is 0 Å². The summed E-state index contributed by atoms with van der Waals surface area (Å²) < 4.78 is 50.3. The molecule has 0 radical (unpaired) electrons. The van der Waals surface area contributed by atoms with E-state index in [2.05, 4.69) is 4.98 Å². The van der Waals surface area contributed by atoms with Crippen LogP contribution in [-0.2, 0) is 6.42 Å². The molecule has 0 amide bonds. The van der Waals surface area contributed by atoms with Crippen molar-refractivity contribution in [2.75, 3.05) is 7.11 Å². The number of H-pyrrole nitrogens is 1. The van der Waals surface area contributed by atoms with Crippen molar-refractivity contribution in [3.63, 3.8) is 0 Å². The van der Waals surface area contributed by atoms with Crippen LogP contribution in [0.15, 0.2) is 15.7 Å². The van der Waals surface area contributed by atoms with Gasteiger partial charge in [0.15, 0.2) is 11.6 Å². The van der Waals surface area contributed by atoms with Crippen LogP contribution >= 0.6 is 11.3 Å². The lowest BCUT2D eigenvalue weighted by molar-refractivity contribution is -0.121. The monoisotopic (exact) mass is 452 g/mol. The normalized spacial score (nSPS) is 20.1. The lowest BCUT2D eigenvalue weighted by Crippen LogP contribution is -2.31. The van der Waals surface area contributed by atoms with Crippen LogP contribution in [0.5, 0.6) is 5.75 Å². The summed E-state index contributed by atoms with van der Waals surface area (Å²) in [7, 11) is 1.23. The van der Waals surface area contributed by atoms with Crippen molar-refractivity contribution in [2.24, 2.45) is 0 Å². The Morgan fingerprint density at radius 1 is 1.32 bits per heavy atom. The summed E-state index contributed by atoms with van der Waals surface area (Å²) in [4.78, 5) is 28.3. The number of alkyl halides is 2. The topological polar surface area (TPSA) is 84.3 Å². The highest BCUT2D eigenvalue weighted by molar-refractivity contribution is 7.15. The predicted molar refractivity (Wildman–Crippen MR) is 110 cm³/mol. The Kier molecular flexibility index (Phi) is 4.39. The number of fused-ring (bicyclic) bond motifs is 2. The molecule has 2 aromatic heterocycles. The van der Waals surface area contributed by atoms with Gasteiger partial charge in [-0.1, -0.05) is 0 Å². The summed E-state index contributed by atoms with van der Waals surface area (Å²) in [5, 5.41) is 10.1. The predicted octanol–water partition coefficient (Wildman–Crippen LogP) is 3.82. The van der Waals surface area contributed by atoms with Gasteiger partial charge in [-0.05, 0) is 37.8 Å². The molecule has 2 heterocycles. The minimum Gasteiger partial charge on any atom is -0.493 e. The maximum Gasteiger partial charge on any atom is 0.329 e. The number of aromatic amines is 1. The third-order valence-corrected chi connectivity index (χ3v) is 7.33. The first-order valence-electron chi connectivity index (χ1n) is 9.89. The number of aromatic nitrogens is 2. The Bertz CT molecular complexity index is 1350. The second-order valence-corrected chi connectivity index (χ2v) is 9.22. The number of hydrogen-bond donors (Lipinski definition) is 2. The molecule has 10 heteroatoms. The number of halogens is 3. The molecule has 0 bridgehead atoms. The fourth-order valence-electron chi connectivity index (χ4n) is 4.44. The number of benzene rings is 1. The van der Waals surface area contributed by atoms with E-state index in [1.54, 1.807) is 6.92 Å². The number of aryl methyl sites for hydroxylation is 2. The minimum atomic E-state index is -3.25. The Hall–Kier alpha value is -2.59. The molecule has 2 N–H and O–H groups in total. The molecule has 2 aliphatic rings. The summed E-state index contributed by atoms with van der Waals surface area (Å²) in [6, 6.07) is 1.27. The maximum absolute atomic E-state index is 15.6. The van der Waals surface area contributed by atoms with Crippen LogP contribution in [0.2, 0.25) is 0 Å². The Morgan fingerprint density at radius 2 is 2.03 bits per heavy atom. The molecular weight excluding hydrogens is 433 g/mol. The molecule has 1 unspecified atom stereocenters. The molecule has 0 spiro atoms. The van der Waals surface area contributed by atoms with Gasteiger partial charge in [0.05, 0.1) is 12.6 Å². The molecule has 1 fully saturated rings. The number of thiophene rings is 1. The molecule has 5 rings (SSSR count). The Morgan fingerprint density at radius 3 is 2.68 bits per heavy atom. The molecule has 3 aromatic rings. The van der Waals surface area contributed by atoms with Gasteiger partial charge in [0.1, 0.15) is 11.5 Å². The number of nitrogens with one attached hydrogen (secondary N) is 1. The van der Waals surface area contributed by atoms with Gasteiger partial charge in [-0.2, -0.15) is 0 Å². The largest absolute Gasteiger partial charge is 0.493 e. The van der Waals surface area contributed by atoms with Crippen LogP contribution in [0.25, 0.3) is 21.3 Å². The lowest BCUT2D eigenvalue weighted by Gasteiger charge is -2.27. The second-order valence-electron chi connectivity index (χ2n) is 8.08. The van der Waals surface area contributed by atoms with Crippen molar-refractivity contribution >= 4 is 22.2 Å². The van der Waals surface area contributed by atoms with E-state index in [1.165, 1.54) is 17.7 Å². The maximum atomic E-state index is 15.6. The second kappa shape index (κ2) is 6.70. The number of methoxy groups -OCH3 is 1. The van der Waals surface area contributed by atoms with Gasteiger partial charge >= 0.3 is 5.69 Å². The standard InChI is InChI=1S/C21H19F3N2O4S/c1-8-13(12-7-10-11(31-12)5-6-21(23,24)18(10)27)15(22)17(30-2)14-16(8)26(9-3-4-9)20(29)25-19(14)28/h7,9,18,27H,3-6H2,1-2H3,(H,25,28,29). The molecule has 1 aromatic carbocycles. The Labute approximate surface area is 177 Å².